The zero-order chi connectivity index (χ0) is 27.5. The Labute approximate surface area is 253 Å². The molecule has 212 valence electrons. The van der Waals surface area contributed by atoms with Gasteiger partial charge < -0.3 is 42.8 Å². The number of benzene rings is 2. The van der Waals surface area contributed by atoms with Gasteiger partial charge in [0, 0.05) is 23.5 Å². The van der Waals surface area contributed by atoms with E-state index in [1.165, 1.54) is 7.11 Å². The molecule has 40 heavy (non-hydrogen) atoms. The number of fused-ring (bicyclic) bond motifs is 1. The quantitative estimate of drug-likeness (QED) is 0.0904. The molecule has 0 bridgehead atoms. The number of carbonyl (C=O) groups excluding carboxylic acids is 2. The molecule has 0 radical (unpaired) electrons. The second-order valence-corrected chi connectivity index (χ2v) is 9.68. The Bertz CT molecular complexity index is 1390. The maximum atomic E-state index is 12.5. The monoisotopic (exact) mass is 656 g/mol. The third-order valence-corrected chi connectivity index (χ3v) is 6.70. The minimum absolute atomic E-state index is 0. The summed E-state index contributed by atoms with van der Waals surface area (Å²) in [6.45, 7) is 1.67. The standard InChI is InChI=1S/C32H37N2O5.HI/c1-33-18-12-15-26(23-33)31(35)38-20-11-6-4-3-5-10-19-34-29-17-16-28(39-24-25-13-8-7-9-14-25)21-27(29)22-30(34)32(36)37-2;/h7-9,12-18,21-23H,3-6,10-11,19-20,24H2,1-2H3;1H/q+1;/p-1. The number of halogens is 1. The summed E-state index contributed by atoms with van der Waals surface area (Å²) in [7, 11) is 3.29. The van der Waals surface area contributed by atoms with Crippen LogP contribution in [0.25, 0.3) is 10.9 Å². The van der Waals surface area contributed by atoms with Gasteiger partial charge in [0.15, 0.2) is 12.4 Å². The van der Waals surface area contributed by atoms with Crippen LogP contribution < -0.4 is 33.3 Å². The molecule has 0 N–H and O–H groups in total. The third-order valence-electron chi connectivity index (χ3n) is 6.70. The van der Waals surface area contributed by atoms with E-state index in [1.807, 2.05) is 83.0 Å². The SMILES string of the molecule is COC(=O)c1cc2cc(OCc3ccccc3)ccc2n1CCCCCCCCOC(=O)c1ccc[n+](C)c1.[I-]. The summed E-state index contributed by atoms with van der Waals surface area (Å²) in [6.07, 6.45) is 9.70. The number of esters is 2. The van der Waals surface area contributed by atoms with Gasteiger partial charge in [-0.3, -0.25) is 0 Å². The fraction of sp³-hybridized carbons (Fsp3) is 0.344. The number of carbonyl (C=O) groups is 2. The van der Waals surface area contributed by atoms with Crippen molar-refractivity contribution in [2.45, 2.75) is 51.7 Å². The highest BCUT2D eigenvalue weighted by molar-refractivity contribution is 5.96. The van der Waals surface area contributed by atoms with Crippen LogP contribution in [0.1, 0.15) is 64.9 Å². The van der Waals surface area contributed by atoms with E-state index in [9.17, 15) is 9.59 Å². The average molecular weight is 657 g/mol. The Hall–Kier alpha value is -3.40. The van der Waals surface area contributed by atoms with Crippen molar-refractivity contribution in [2.75, 3.05) is 13.7 Å². The number of nitrogens with zero attached hydrogens (tertiary/aromatic N) is 2. The Kier molecular flexibility index (Phi) is 12.5. The number of aryl methyl sites for hydroxylation is 2. The summed E-state index contributed by atoms with van der Waals surface area (Å²) in [5, 5.41) is 0.958. The van der Waals surface area contributed by atoms with Gasteiger partial charge in [-0.25, -0.2) is 14.2 Å². The smallest absolute Gasteiger partial charge is 0.354 e. The molecule has 2 heterocycles. The molecule has 2 aromatic carbocycles. The number of methoxy groups -OCH3 is 1. The van der Waals surface area contributed by atoms with Crippen molar-refractivity contribution in [2.24, 2.45) is 7.05 Å². The Balaban J connectivity index is 0.00000441. The van der Waals surface area contributed by atoms with E-state index in [1.54, 1.807) is 12.3 Å². The molecule has 2 aromatic heterocycles. The first-order valence-electron chi connectivity index (χ1n) is 13.6. The molecule has 0 aliphatic carbocycles. The molecular weight excluding hydrogens is 619 g/mol. The summed E-state index contributed by atoms with van der Waals surface area (Å²) in [5.74, 6) is 0.154. The highest BCUT2D eigenvalue weighted by atomic mass is 127. The largest absolute Gasteiger partial charge is 1.00 e. The van der Waals surface area contributed by atoms with Gasteiger partial charge in [0.05, 0.1) is 13.7 Å². The zero-order valence-corrected chi connectivity index (χ0v) is 25.3. The van der Waals surface area contributed by atoms with Crippen LogP contribution >= 0.6 is 0 Å². The van der Waals surface area contributed by atoms with Crippen molar-refractivity contribution >= 4 is 22.8 Å². The fourth-order valence-corrected chi connectivity index (χ4v) is 4.63. The lowest BCUT2D eigenvalue weighted by molar-refractivity contribution is -0.671. The predicted molar refractivity (Wildman–Crippen MR) is 150 cm³/mol. The van der Waals surface area contributed by atoms with Gasteiger partial charge in [0.2, 0.25) is 0 Å². The van der Waals surface area contributed by atoms with E-state index in [-0.39, 0.29) is 35.9 Å². The lowest BCUT2D eigenvalue weighted by atomic mass is 10.1. The van der Waals surface area contributed by atoms with E-state index in [4.69, 9.17) is 14.2 Å². The molecule has 0 saturated carbocycles. The molecule has 0 aliphatic heterocycles. The number of pyridine rings is 1. The molecule has 0 saturated heterocycles. The Morgan fingerprint density at radius 3 is 2.35 bits per heavy atom. The van der Waals surface area contributed by atoms with Gasteiger partial charge in [0.1, 0.15) is 30.7 Å². The number of hydrogen-bond acceptors (Lipinski definition) is 5. The van der Waals surface area contributed by atoms with E-state index in [2.05, 4.69) is 0 Å². The predicted octanol–water partition coefficient (Wildman–Crippen LogP) is 3.03. The third kappa shape index (κ3) is 8.81. The maximum Gasteiger partial charge on any atom is 0.354 e. The first-order valence-corrected chi connectivity index (χ1v) is 13.6. The molecule has 0 spiro atoms. The molecule has 8 heteroatoms. The molecule has 7 nitrogen and oxygen atoms in total. The lowest BCUT2D eigenvalue weighted by Gasteiger charge is -2.10. The van der Waals surface area contributed by atoms with Crippen molar-refractivity contribution in [1.29, 1.82) is 0 Å². The zero-order valence-electron chi connectivity index (χ0n) is 23.2. The van der Waals surface area contributed by atoms with Crippen molar-refractivity contribution in [3.05, 3.63) is 95.9 Å². The normalized spacial score (nSPS) is 10.7. The minimum atomic E-state index is -0.336. The molecular formula is C32H37IN2O5. The lowest BCUT2D eigenvalue weighted by Crippen LogP contribution is -3.00. The summed E-state index contributed by atoms with van der Waals surface area (Å²) >= 11 is 0. The average Bonchev–Trinajstić information content (AvgIpc) is 3.32. The van der Waals surface area contributed by atoms with E-state index < -0.39 is 0 Å². The Morgan fingerprint density at radius 2 is 1.60 bits per heavy atom. The summed E-state index contributed by atoms with van der Waals surface area (Å²) in [5.41, 5.74) is 3.23. The first kappa shape index (κ1) is 31.1. The van der Waals surface area contributed by atoms with Crippen LogP contribution in [0.15, 0.2) is 79.1 Å². The van der Waals surface area contributed by atoms with Gasteiger partial charge in [-0.1, -0.05) is 56.0 Å². The minimum Gasteiger partial charge on any atom is -1.00 e. The first-order chi connectivity index (χ1) is 19.0. The van der Waals surface area contributed by atoms with Crippen LogP contribution in [0.3, 0.4) is 0 Å². The van der Waals surface area contributed by atoms with Gasteiger partial charge in [-0.2, -0.15) is 0 Å². The second-order valence-electron chi connectivity index (χ2n) is 9.68. The van der Waals surface area contributed by atoms with E-state index >= 15 is 0 Å². The molecule has 0 amide bonds. The van der Waals surface area contributed by atoms with Crippen LogP contribution in [0.5, 0.6) is 5.75 Å². The van der Waals surface area contributed by atoms with E-state index in [0.29, 0.717) is 24.5 Å². The molecule has 4 aromatic rings. The van der Waals surface area contributed by atoms with Crippen LogP contribution in [0, 0.1) is 0 Å². The molecule has 0 aliphatic rings. The molecule has 0 unspecified atom stereocenters. The van der Waals surface area contributed by atoms with Crippen molar-refractivity contribution in [3.63, 3.8) is 0 Å². The molecule has 0 fully saturated rings. The number of hydrogen-bond donors (Lipinski definition) is 0. The summed E-state index contributed by atoms with van der Waals surface area (Å²) in [6, 6.07) is 21.5. The van der Waals surface area contributed by atoms with Crippen LogP contribution in [0.2, 0.25) is 0 Å². The van der Waals surface area contributed by atoms with Crippen molar-refractivity contribution in [3.8, 4) is 5.75 Å². The van der Waals surface area contributed by atoms with Gasteiger partial charge in [-0.05, 0) is 48.7 Å². The number of rotatable bonds is 14. The van der Waals surface area contributed by atoms with Gasteiger partial charge in [-0.15, -0.1) is 0 Å². The molecule has 0 atom stereocenters. The van der Waals surface area contributed by atoms with Crippen LogP contribution in [0.4, 0.5) is 0 Å². The van der Waals surface area contributed by atoms with Crippen molar-refractivity contribution in [1.82, 2.24) is 4.57 Å². The summed E-state index contributed by atoms with van der Waals surface area (Å²) < 4.78 is 20.3. The number of ether oxygens (including phenoxy) is 3. The Morgan fingerprint density at radius 1 is 0.850 bits per heavy atom. The topological polar surface area (TPSA) is 70.6 Å². The fourth-order valence-electron chi connectivity index (χ4n) is 4.63. The summed E-state index contributed by atoms with van der Waals surface area (Å²) in [4.78, 5) is 24.6. The number of aromatic nitrogens is 2. The van der Waals surface area contributed by atoms with Gasteiger partial charge >= 0.3 is 11.9 Å². The van der Waals surface area contributed by atoms with E-state index in [0.717, 1.165) is 67.3 Å². The second kappa shape index (κ2) is 16.0. The van der Waals surface area contributed by atoms with Gasteiger partial charge in [0.25, 0.3) is 0 Å². The highest BCUT2D eigenvalue weighted by Gasteiger charge is 2.16. The van der Waals surface area contributed by atoms with Crippen molar-refractivity contribution < 1.29 is 52.3 Å². The maximum absolute atomic E-state index is 12.5. The van der Waals surface area contributed by atoms with Crippen LogP contribution in [-0.4, -0.2) is 30.2 Å². The highest BCUT2D eigenvalue weighted by Crippen LogP contribution is 2.26. The molecule has 4 rings (SSSR count). The number of unbranched alkanes of at least 4 members (excludes halogenated alkanes) is 5. The van der Waals surface area contributed by atoms with Crippen LogP contribution in [-0.2, 0) is 29.7 Å².